The molecule has 2 rings (SSSR count). The molecule has 7 nitrogen and oxygen atoms in total. The first kappa shape index (κ1) is 28.2. The summed E-state index contributed by atoms with van der Waals surface area (Å²) in [5.41, 5.74) is 5.91. The van der Waals surface area contributed by atoms with E-state index in [2.05, 4.69) is 61.6 Å². The Labute approximate surface area is 210 Å². The van der Waals surface area contributed by atoms with Crippen LogP contribution in [0.1, 0.15) is 55.8 Å². The van der Waals surface area contributed by atoms with Crippen LogP contribution in [0.4, 0.5) is 0 Å². The van der Waals surface area contributed by atoms with Gasteiger partial charge in [0.05, 0.1) is 18.8 Å². The Kier molecular flexibility index (Phi) is 13.3. The number of guanidine groups is 1. The van der Waals surface area contributed by atoms with Crippen LogP contribution >= 0.6 is 24.0 Å². The summed E-state index contributed by atoms with van der Waals surface area (Å²) in [6.45, 7) is 14.3. The highest BCUT2D eigenvalue weighted by atomic mass is 127. The molecule has 8 heteroatoms. The van der Waals surface area contributed by atoms with Gasteiger partial charge < -0.3 is 20.1 Å². The molecule has 2 N–H and O–H groups in total. The van der Waals surface area contributed by atoms with Gasteiger partial charge in [0.1, 0.15) is 12.4 Å². The molecule has 0 radical (unpaired) electrons. The third kappa shape index (κ3) is 8.27. The minimum atomic E-state index is 0. The highest BCUT2D eigenvalue weighted by molar-refractivity contribution is 14.0. The number of nitrogens with one attached hydrogen (secondary N) is 2. The van der Waals surface area contributed by atoms with Gasteiger partial charge in [-0.15, -0.1) is 24.0 Å². The second-order valence-corrected chi connectivity index (χ2v) is 7.41. The van der Waals surface area contributed by atoms with Crippen LogP contribution < -0.4 is 15.4 Å². The number of aromatic nitrogens is 2. The molecular formula is C24H40IN5O2. The Balaban J connectivity index is 0.00000512. The summed E-state index contributed by atoms with van der Waals surface area (Å²) in [6.07, 6.45) is 1.88. The summed E-state index contributed by atoms with van der Waals surface area (Å²) in [5, 5.41) is 11.5. The zero-order valence-corrected chi connectivity index (χ0v) is 22.8. The number of hydrogen-bond acceptors (Lipinski definition) is 4. The van der Waals surface area contributed by atoms with Crippen LogP contribution in [0.15, 0.2) is 23.2 Å². The fraction of sp³-hybridized carbons (Fsp3) is 0.583. The first-order valence-electron chi connectivity index (χ1n) is 11.4. The molecule has 0 spiro atoms. The van der Waals surface area contributed by atoms with Crippen LogP contribution in [-0.2, 0) is 37.7 Å². The van der Waals surface area contributed by atoms with Crippen molar-refractivity contribution in [3.8, 4) is 5.75 Å². The van der Waals surface area contributed by atoms with Crippen LogP contribution in [0.3, 0.4) is 0 Å². The Morgan fingerprint density at radius 3 is 2.53 bits per heavy atom. The second kappa shape index (κ2) is 15.1. The molecule has 1 aromatic carbocycles. The van der Waals surface area contributed by atoms with Gasteiger partial charge >= 0.3 is 0 Å². The molecule has 0 aliphatic carbocycles. The normalized spacial score (nSPS) is 11.2. The van der Waals surface area contributed by atoms with Crippen LogP contribution in [0.5, 0.6) is 5.75 Å². The van der Waals surface area contributed by atoms with Gasteiger partial charge in [-0.2, -0.15) is 5.10 Å². The molecular weight excluding hydrogens is 517 g/mol. The van der Waals surface area contributed by atoms with Gasteiger partial charge in [-0.3, -0.25) is 4.68 Å². The fourth-order valence-electron chi connectivity index (χ4n) is 3.55. The van der Waals surface area contributed by atoms with E-state index in [9.17, 15) is 0 Å². The highest BCUT2D eigenvalue weighted by Crippen LogP contribution is 2.21. The lowest BCUT2D eigenvalue weighted by Gasteiger charge is -2.14. The number of hydrogen-bond donors (Lipinski definition) is 2. The summed E-state index contributed by atoms with van der Waals surface area (Å²) < 4.78 is 13.3. The number of halogens is 1. The summed E-state index contributed by atoms with van der Waals surface area (Å²) in [4.78, 5) is 4.81. The zero-order valence-electron chi connectivity index (χ0n) is 20.5. The fourth-order valence-corrected chi connectivity index (χ4v) is 3.55. The van der Waals surface area contributed by atoms with Crippen LogP contribution in [0, 0.1) is 6.92 Å². The van der Waals surface area contributed by atoms with E-state index in [1.54, 1.807) is 0 Å². The quantitative estimate of drug-likeness (QED) is 0.178. The number of aliphatic imine (C=N–C) groups is 1. The molecule has 0 aliphatic heterocycles. The zero-order chi connectivity index (χ0) is 22.6. The number of rotatable bonds is 12. The molecule has 0 amide bonds. The van der Waals surface area contributed by atoms with Crippen molar-refractivity contribution in [2.75, 3.05) is 26.4 Å². The van der Waals surface area contributed by atoms with E-state index in [1.165, 1.54) is 16.8 Å². The molecule has 0 atom stereocenters. The van der Waals surface area contributed by atoms with Crippen LogP contribution in [0.25, 0.3) is 0 Å². The van der Waals surface area contributed by atoms with E-state index in [-0.39, 0.29) is 24.0 Å². The van der Waals surface area contributed by atoms with Crippen molar-refractivity contribution in [3.63, 3.8) is 0 Å². The first-order valence-corrected chi connectivity index (χ1v) is 11.4. The van der Waals surface area contributed by atoms with Gasteiger partial charge in [-0.05, 0) is 45.2 Å². The molecule has 0 bridgehead atoms. The standard InChI is InChI=1S/C24H39N5O2.HI/c1-7-21-20(22(8-2)29(6)28-21)17-27-24(25-9-3)26-16-19-12-11-18(5)15-23(19)31-14-13-30-10-4;/h11-12,15H,7-10,13-14,16-17H2,1-6H3,(H2,25,26,27);1H. The lowest BCUT2D eigenvalue weighted by Crippen LogP contribution is -2.37. The third-order valence-corrected chi connectivity index (χ3v) is 5.12. The SMILES string of the molecule is CCNC(=NCc1ccc(C)cc1OCCOCC)NCc1c(CC)nn(C)c1CC.I. The smallest absolute Gasteiger partial charge is 0.191 e. The van der Waals surface area contributed by atoms with Crippen molar-refractivity contribution >= 4 is 29.9 Å². The van der Waals surface area contributed by atoms with Gasteiger partial charge in [0, 0.05) is 43.6 Å². The van der Waals surface area contributed by atoms with Crippen LogP contribution in [0.2, 0.25) is 0 Å². The molecule has 180 valence electrons. The number of nitrogens with zero attached hydrogens (tertiary/aromatic N) is 3. The minimum absolute atomic E-state index is 0. The van der Waals surface area contributed by atoms with Crippen molar-refractivity contribution < 1.29 is 9.47 Å². The predicted octanol–water partition coefficient (Wildman–Crippen LogP) is 4.14. The van der Waals surface area contributed by atoms with E-state index in [0.29, 0.717) is 32.9 Å². The molecule has 0 saturated heterocycles. The average Bonchev–Trinajstić information content (AvgIpc) is 3.08. The average molecular weight is 558 g/mol. The number of ether oxygens (including phenoxy) is 2. The van der Waals surface area contributed by atoms with Crippen molar-refractivity contribution in [2.24, 2.45) is 12.0 Å². The summed E-state index contributed by atoms with van der Waals surface area (Å²) in [6, 6.07) is 6.25. The first-order chi connectivity index (χ1) is 15.0. The van der Waals surface area contributed by atoms with E-state index in [1.807, 2.05) is 18.7 Å². The van der Waals surface area contributed by atoms with Crippen molar-refractivity contribution in [2.45, 2.75) is 60.5 Å². The third-order valence-electron chi connectivity index (χ3n) is 5.12. The van der Waals surface area contributed by atoms with Gasteiger partial charge in [0.2, 0.25) is 0 Å². The summed E-state index contributed by atoms with van der Waals surface area (Å²) >= 11 is 0. The van der Waals surface area contributed by atoms with E-state index >= 15 is 0 Å². The largest absolute Gasteiger partial charge is 0.491 e. The Bertz CT molecular complexity index is 851. The topological polar surface area (TPSA) is 72.7 Å². The Morgan fingerprint density at radius 2 is 1.88 bits per heavy atom. The van der Waals surface area contributed by atoms with E-state index < -0.39 is 0 Å². The Morgan fingerprint density at radius 1 is 1.09 bits per heavy atom. The second-order valence-electron chi connectivity index (χ2n) is 7.41. The Hall–Kier alpha value is -1.81. The van der Waals surface area contributed by atoms with Crippen molar-refractivity contribution in [1.29, 1.82) is 0 Å². The molecule has 1 aromatic heterocycles. The van der Waals surface area contributed by atoms with Gasteiger partial charge in [-0.25, -0.2) is 4.99 Å². The van der Waals surface area contributed by atoms with E-state index in [0.717, 1.165) is 42.4 Å². The monoisotopic (exact) mass is 557 g/mol. The molecule has 32 heavy (non-hydrogen) atoms. The summed E-state index contributed by atoms with van der Waals surface area (Å²) in [7, 11) is 2.02. The maximum atomic E-state index is 5.96. The summed E-state index contributed by atoms with van der Waals surface area (Å²) in [5.74, 6) is 1.66. The molecule has 2 aromatic rings. The van der Waals surface area contributed by atoms with Crippen molar-refractivity contribution in [3.05, 3.63) is 46.3 Å². The number of benzene rings is 1. The van der Waals surface area contributed by atoms with Crippen molar-refractivity contribution in [1.82, 2.24) is 20.4 Å². The lowest BCUT2D eigenvalue weighted by atomic mass is 10.1. The molecule has 1 heterocycles. The van der Waals surface area contributed by atoms with Gasteiger partial charge in [0.25, 0.3) is 0 Å². The maximum absolute atomic E-state index is 5.96. The molecule has 0 aliphatic rings. The lowest BCUT2D eigenvalue weighted by molar-refractivity contribution is 0.110. The highest BCUT2D eigenvalue weighted by Gasteiger charge is 2.14. The number of aryl methyl sites for hydroxylation is 3. The molecule has 0 saturated carbocycles. The van der Waals surface area contributed by atoms with Gasteiger partial charge in [-0.1, -0.05) is 26.0 Å². The van der Waals surface area contributed by atoms with Gasteiger partial charge in [0.15, 0.2) is 5.96 Å². The maximum Gasteiger partial charge on any atom is 0.191 e. The van der Waals surface area contributed by atoms with Crippen LogP contribution in [-0.4, -0.2) is 42.1 Å². The molecule has 0 fully saturated rings. The van der Waals surface area contributed by atoms with E-state index in [4.69, 9.17) is 14.5 Å². The predicted molar refractivity (Wildman–Crippen MR) is 142 cm³/mol. The molecule has 0 unspecified atom stereocenters. The minimum Gasteiger partial charge on any atom is -0.491 e.